The van der Waals surface area contributed by atoms with Gasteiger partial charge in [0.05, 0.1) is 0 Å². The van der Waals surface area contributed by atoms with Crippen LogP contribution in [0.2, 0.25) is 0 Å². The smallest absolute Gasteiger partial charge is 0.256 e. The third kappa shape index (κ3) is 3.65. The number of halogens is 3. The van der Waals surface area contributed by atoms with Gasteiger partial charge in [0.15, 0.2) is 11.6 Å². The number of hydrogen-bond acceptors (Lipinski definition) is 2. The molecule has 0 aromatic heterocycles. The highest BCUT2D eigenvalue weighted by atomic mass is 79.9. The highest BCUT2D eigenvalue weighted by Crippen LogP contribution is 2.24. The van der Waals surface area contributed by atoms with Crippen molar-refractivity contribution in [3.8, 4) is 0 Å². The molecule has 2 rings (SSSR count). The van der Waals surface area contributed by atoms with Crippen LogP contribution in [0.25, 0.3) is 0 Å². The Morgan fingerprint density at radius 3 is 2.43 bits per heavy atom. The molecule has 0 heterocycles. The fourth-order valence-electron chi connectivity index (χ4n) is 1.96. The van der Waals surface area contributed by atoms with Gasteiger partial charge in [-0.3, -0.25) is 4.79 Å². The summed E-state index contributed by atoms with van der Waals surface area (Å²) < 4.78 is 27.7. The summed E-state index contributed by atoms with van der Waals surface area (Å²) in [5.41, 5.74) is 6.11. The minimum atomic E-state index is -0.841. The molecule has 1 amide bonds. The van der Waals surface area contributed by atoms with Gasteiger partial charge in [-0.1, -0.05) is 34.1 Å². The number of nitrogens with two attached hydrogens (primary N) is 1. The van der Waals surface area contributed by atoms with Crippen LogP contribution in [0.3, 0.4) is 0 Å². The number of hydrogen-bond donors (Lipinski definition) is 2. The normalized spacial score (nSPS) is 10.5. The summed E-state index contributed by atoms with van der Waals surface area (Å²) in [7, 11) is 0. The molecule has 0 aliphatic rings. The molecule has 0 fully saturated rings. The van der Waals surface area contributed by atoms with E-state index in [-0.39, 0.29) is 4.47 Å². The molecule has 0 aliphatic carbocycles. The van der Waals surface area contributed by atoms with Crippen LogP contribution >= 0.6 is 15.9 Å². The van der Waals surface area contributed by atoms with Crippen molar-refractivity contribution in [3.63, 3.8) is 0 Å². The molecular formula is C15H13BrF2N2O. The number of carbonyl (C=O) groups excluding carboxylic acids is 1. The Morgan fingerprint density at radius 2 is 1.81 bits per heavy atom. The number of amides is 1. The molecule has 2 aromatic carbocycles. The Kier molecular flexibility index (Phi) is 5.03. The number of carbonyl (C=O) groups is 1. The van der Waals surface area contributed by atoms with Gasteiger partial charge < -0.3 is 11.1 Å². The molecule has 0 aliphatic heterocycles. The molecule has 110 valence electrons. The van der Waals surface area contributed by atoms with Crippen molar-refractivity contribution in [1.29, 1.82) is 0 Å². The summed E-state index contributed by atoms with van der Waals surface area (Å²) in [4.78, 5) is 12.2. The molecule has 0 radical (unpaired) electrons. The largest absolute Gasteiger partial charge is 0.330 e. The van der Waals surface area contributed by atoms with Gasteiger partial charge in [0.1, 0.15) is 5.69 Å². The second-order valence-corrected chi connectivity index (χ2v) is 5.31. The lowest BCUT2D eigenvalue weighted by atomic mass is 10.0. The molecule has 21 heavy (non-hydrogen) atoms. The predicted octanol–water partition coefficient (Wildman–Crippen LogP) is 3.48. The molecule has 0 spiro atoms. The first-order valence-corrected chi connectivity index (χ1v) is 7.06. The second kappa shape index (κ2) is 6.78. The third-order valence-corrected chi connectivity index (χ3v) is 3.38. The van der Waals surface area contributed by atoms with Gasteiger partial charge in [0, 0.05) is 10.0 Å². The molecule has 0 saturated carbocycles. The summed E-state index contributed by atoms with van der Waals surface area (Å²) in [6, 6.07) is 8.99. The van der Waals surface area contributed by atoms with Crippen LogP contribution in [-0.2, 0) is 6.42 Å². The van der Waals surface area contributed by atoms with Crippen molar-refractivity contribution in [2.45, 2.75) is 6.42 Å². The molecule has 0 bridgehead atoms. The number of nitrogens with one attached hydrogen (secondary N) is 1. The lowest BCUT2D eigenvalue weighted by Gasteiger charge is -2.11. The van der Waals surface area contributed by atoms with Crippen molar-refractivity contribution >= 4 is 27.5 Å². The molecule has 3 N–H and O–H groups in total. The van der Waals surface area contributed by atoms with Crippen LogP contribution < -0.4 is 11.1 Å². The third-order valence-electron chi connectivity index (χ3n) is 2.92. The Morgan fingerprint density at radius 1 is 1.19 bits per heavy atom. The first kappa shape index (κ1) is 15.6. The van der Waals surface area contributed by atoms with Crippen molar-refractivity contribution < 1.29 is 13.6 Å². The molecule has 2 aromatic rings. The molecule has 6 heteroatoms. The average molecular weight is 355 g/mol. The summed E-state index contributed by atoms with van der Waals surface area (Å²) >= 11 is 2.98. The fraction of sp³-hybridized carbons (Fsp3) is 0.133. The molecule has 0 saturated heterocycles. The highest BCUT2D eigenvalue weighted by Gasteiger charge is 2.16. The van der Waals surface area contributed by atoms with Crippen molar-refractivity contribution in [1.82, 2.24) is 0 Å². The SMILES string of the molecule is NCCc1ccccc1C(=O)Nc1c(F)cc(Br)cc1F. The van der Waals surface area contributed by atoms with E-state index in [9.17, 15) is 13.6 Å². The van der Waals surface area contributed by atoms with Crippen LogP contribution in [0.15, 0.2) is 40.9 Å². The summed E-state index contributed by atoms with van der Waals surface area (Å²) in [6.45, 7) is 0.380. The Balaban J connectivity index is 2.31. The monoisotopic (exact) mass is 354 g/mol. The van der Waals surface area contributed by atoms with Gasteiger partial charge in [-0.05, 0) is 36.7 Å². The average Bonchev–Trinajstić information content (AvgIpc) is 2.43. The summed E-state index contributed by atoms with van der Waals surface area (Å²) in [6.07, 6.45) is 0.509. The predicted molar refractivity (Wildman–Crippen MR) is 81.2 cm³/mol. The van der Waals surface area contributed by atoms with Crippen LogP contribution in [-0.4, -0.2) is 12.5 Å². The van der Waals surface area contributed by atoms with Gasteiger partial charge in [-0.25, -0.2) is 8.78 Å². The van der Waals surface area contributed by atoms with Gasteiger partial charge in [-0.15, -0.1) is 0 Å². The Labute approximate surface area is 129 Å². The van der Waals surface area contributed by atoms with E-state index in [4.69, 9.17) is 5.73 Å². The van der Waals surface area contributed by atoms with Crippen molar-refractivity contribution in [2.24, 2.45) is 5.73 Å². The number of anilines is 1. The molecule has 3 nitrogen and oxygen atoms in total. The molecular weight excluding hydrogens is 342 g/mol. The second-order valence-electron chi connectivity index (χ2n) is 4.39. The maximum atomic E-state index is 13.7. The van der Waals surface area contributed by atoms with Gasteiger partial charge >= 0.3 is 0 Å². The Hall–Kier alpha value is -1.79. The minimum absolute atomic E-state index is 0.263. The van der Waals surface area contributed by atoms with Crippen LogP contribution in [0.5, 0.6) is 0 Å². The fourth-order valence-corrected chi connectivity index (χ4v) is 2.36. The van der Waals surface area contributed by atoms with E-state index in [1.54, 1.807) is 24.3 Å². The van der Waals surface area contributed by atoms with E-state index >= 15 is 0 Å². The van der Waals surface area contributed by atoms with Crippen molar-refractivity contribution in [2.75, 3.05) is 11.9 Å². The quantitative estimate of drug-likeness (QED) is 0.882. The van der Waals surface area contributed by atoms with Crippen LogP contribution in [0.4, 0.5) is 14.5 Å². The standard InChI is InChI=1S/C15H13BrF2N2O/c16-10-7-12(17)14(13(18)8-10)20-15(21)11-4-2-1-3-9(11)5-6-19/h1-4,7-8H,5-6,19H2,(H,20,21). The molecule has 0 atom stereocenters. The lowest BCUT2D eigenvalue weighted by Crippen LogP contribution is -2.17. The zero-order chi connectivity index (χ0) is 15.4. The topological polar surface area (TPSA) is 55.1 Å². The maximum absolute atomic E-state index is 13.7. The molecule has 0 unspecified atom stereocenters. The first-order chi connectivity index (χ1) is 10.0. The number of rotatable bonds is 4. The Bertz CT molecular complexity index is 653. The van der Waals surface area contributed by atoms with E-state index in [2.05, 4.69) is 21.2 Å². The van der Waals surface area contributed by atoms with Crippen molar-refractivity contribution in [3.05, 3.63) is 63.6 Å². The van der Waals surface area contributed by atoms with E-state index in [0.29, 0.717) is 18.5 Å². The summed E-state index contributed by atoms with van der Waals surface area (Å²) in [5.74, 6) is -2.25. The van der Waals surface area contributed by atoms with Gasteiger partial charge in [-0.2, -0.15) is 0 Å². The van der Waals surface area contributed by atoms with Gasteiger partial charge in [0.2, 0.25) is 0 Å². The first-order valence-electron chi connectivity index (χ1n) is 6.26. The van der Waals surface area contributed by atoms with Crippen LogP contribution in [0, 0.1) is 11.6 Å². The lowest BCUT2D eigenvalue weighted by molar-refractivity contribution is 0.102. The summed E-state index contributed by atoms with van der Waals surface area (Å²) in [5, 5.41) is 2.27. The maximum Gasteiger partial charge on any atom is 0.256 e. The zero-order valence-electron chi connectivity index (χ0n) is 11.0. The van der Waals surface area contributed by atoms with E-state index < -0.39 is 23.2 Å². The zero-order valence-corrected chi connectivity index (χ0v) is 12.6. The van der Waals surface area contributed by atoms with Crippen LogP contribution in [0.1, 0.15) is 15.9 Å². The highest BCUT2D eigenvalue weighted by molar-refractivity contribution is 9.10. The van der Waals surface area contributed by atoms with E-state index in [1.807, 2.05) is 0 Å². The minimum Gasteiger partial charge on any atom is -0.330 e. The number of benzene rings is 2. The van der Waals surface area contributed by atoms with E-state index in [0.717, 1.165) is 17.7 Å². The van der Waals surface area contributed by atoms with Gasteiger partial charge in [0.25, 0.3) is 5.91 Å². The van der Waals surface area contributed by atoms with E-state index in [1.165, 1.54) is 0 Å².